The third-order valence-corrected chi connectivity index (χ3v) is 5.17. The highest BCUT2D eigenvalue weighted by molar-refractivity contribution is 7.22. The zero-order valence-corrected chi connectivity index (χ0v) is 17.6. The van der Waals surface area contributed by atoms with E-state index in [1.807, 2.05) is 32.0 Å². The smallest absolute Gasteiger partial charge is 0.228 e. The van der Waals surface area contributed by atoms with E-state index >= 15 is 0 Å². The van der Waals surface area contributed by atoms with Crippen LogP contribution in [0, 0.1) is 5.92 Å². The summed E-state index contributed by atoms with van der Waals surface area (Å²) in [7, 11) is 3.11. The molecule has 0 radical (unpaired) electrons. The van der Waals surface area contributed by atoms with Crippen molar-refractivity contribution in [2.75, 3.05) is 24.9 Å². The van der Waals surface area contributed by atoms with Crippen LogP contribution in [0.2, 0.25) is 0 Å². The zero-order chi connectivity index (χ0) is 21.0. The number of carbonyl (C=O) groups excluding carboxylic acids is 2. The molecule has 1 aromatic heterocycles. The van der Waals surface area contributed by atoms with Gasteiger partial charge in [-0.25, -0.2) is 4.98 Å². The average molecular weight is 413 g/mol. The van der Waals surface area contributed by atoms with Crippen LogP contribution in [0.5, 0.6) is 11.5 Å². The maximum absolute atomic E-state index is 12.4. The van der Waals surface area contributed by atoms with Crippen molar-refractivity contribution in [3.8, 4) is 11.5 Å². The Balaban J connectivity index is 1.69. The lowest BCUT2D eigenvalue weighted by Gasteiger charge is -2.10. The maximum atomic E-state index is 12.4. The van der Waals surface area contributed by atoms with Crippen molar-refractivity contribution in [3.63, 3.8) is 0 Å². The number of nitrogens with zero attached hydrogens (tertiary/aromatic N) is 1. The van der Waals surface area contributed by atoms with Crippen LogP contribution in [0.3, 0.4) is 0 Å². The van der Waals surface area contributed by atoms with Gasteiger partial charge in [0.15, 0.2) is 16.6 Å². The molecule has 0 bridgehead atoms. The van der Waals surface area contributed by atoms with Crippen LogP contribution in [0.1, 0.15) is 19.4 Å². The summed E-state index contributed by atoms with van der Waals surface area (Å²) in [5, 5.41) is 6.24. The van der Waals surface area contributed by atoms with Gasteiger partial charge in [0.25, 0.3) is 0 Å². The topological polar surface area (TPSA) is 89.5 Å². The van der Waals surface area contributed by atoms with Gasteiger partial charge in [0, 0.05) is 17.7 Å². The van der Waals surface area contributed by atoms with E-state index in [1.54, 1.807) is 32.4 Å². The fourth-order valence-electron chi connectivity index (χ4n) is 2.69. The van der Waals surface area contributed by atoms with Gasteiger partial charge >= 0.3 is 0 Å². The van der Waals surface area contributed by atoms with Crippen LogP contribution >= 0.6 is 11.3 Å². The number of rotatable bonds is 7. The molecular formula is C21H23N3O4S. The van der Waals surface area contributed by atoms with Crippen molar-refractivity contribution >= 4 is 44.2 Å². The molecule has 29 heavy (non-hydrogen) atoms. The molecule has 0 aliphatic carbocycles. The highest BCUT2D eigenvalue weighted by Gasteiger charge is 2.12. The molecule has 0 saturated carbocycles. The number of ether oxygens (including phenoxy) is 2. The number of nitrogens with one attached hydrogen (secondary N) is 2. The highest BCUT2D eigenvalue weighted by atomic mass is 32.1. The molecule has 2 amide bonds. The standard InChI is InChI=1S/C21H23N3O4S/c1-12(2)20(26)24-21-23-15-7-5-13(9-18(15)29-21)10-19(25)22-14-6-8-16(27-3)17(11-14)28-4/h5-9,11-12H,10H2,1-4H3,(H,22,25)(H,23,24,26). The van der Waals surface area contributed by atoms with Gasteiger partial charge < -0.3 is 20.1 Å². The van der Waals surface area contributed by atoms with Crippen LogP contribution in [0.25, 0.3) is 10.2 Å². The van der Waals surface area contributed by atoms with E-state index in [4.69, 9.17) is 9.47 Å². The fraction of sp³-hybridized carbons (Fsp3) is 0.286. The number of fused-ring (bicyclic) bond motifs is 1. The van der Waals surface area contributed by atoms with Crippen molar-refractivity contribution in [2.24, 2.45) is 5.92 Å². The number of thiazole rings is 1. The van der Waals surface area contributed by atoms with Crippen LogP contribution in [-0.4, -0.2) is 31.0 Å². The summed E-state index contributed by atoms with van der Waals surface area (Å²) in [6, 6.07) is 10.9. The second kappa shape index (κ2) is 8.91. The van der Waals surface area contributed by atoms with Gasteiger partial charge in [-0.2, -0.15) is 0 Å². The molecule has 8 heteroatoms. The van der Waals surface area contributed by atoms with Gasteiger partial charge in [-0.15, -0.1) is 0 Å². The number of carbonyl (C=O) groups is 2. The summed E-state index contributed by atoms with van der Waals surface area (Å²) in [5.74, 6) is 0.819. The van der Waals surface area contributed by atoms with Gasteiger partial charge in [0.1, 0.15) is 0 Å². The van der Waals surface area contributed by atoms with E-state index in [2.05, 4.69) is 15.6 Å². The zero-order valence-electron chi connectivity index (χ0n) is 16.7. The van der Waals surface area contributed by atoms with E-state index in [-0.39, 0.29) is 24.2 Å². The van der Waals surface area contributed by atoms with Crippen LogP contribution in [0.4, 0.5) is 10.8 Å². The molecule has 1 heterocycles. The molecule has 0 spiro atoms. The molecule has 3 aromatic rings. The first-order chi connectivity index (χ1) is 13.9. The van der Waals surface area contributed by atoms with Crippen LogP contribution < -0.4 is 20.1 Å². The minimum Gasteiger partial charge on any atom is -0.493 e. The first-order valence-electron chi connectivity index (χ1n) is 9.12. The molecule has 7 nitrogen and oxygen atoms in total. The molecule has 152 valence electrons. The first kappa shape index (κ1) is 20.6. The number of benzene rings is 2. The predicted octanol–water partition coefficient (Wildman–Crippen LogP) is 4.09. The summed E-state index contributed by atoms with van der Waals surface area (Å²) in [5.41, 5.74) is 2.28. The van der Waals surface area contributed by atoms with Crippen molar-refractivity contribution in [3.05, 3.63) is 42.0 Å². The summed E-state index contributed by atoms with van der Waals surface area (Å²) < 4.78 is 11.4. The third kappa shape index (κ3) is 5.03. The number of methoxy groups -OCH3 is 2. The highest BCUT2D eigenvalue weighted by Crippen LogP contribution is 2.30. The Morgan fingerprint density at radius 3 is 2.48 bits per heavy atom. The summed E-state index contributed by atoms with van der Waals surface area (Å²) in [4.78, 5) is 28.7. The van der Waals surface area contributed by atoms with Crippen molar-refractivity contribution < 1.29 is 19.1 Å². The van der Waals surface area contributed by atoms with Gasteiger partial charge in [-0.05, 0) is 29.8 Å². The summed E-state index contributed by atoms with van der Waals surface area (Å²) in [6.45, 7) is 3.66. The average Bonchev–Trinajstić information content (AvgIpc) is 3.09. The minimum atomic E-state index is -0.144. The summed E-state index contributed by atoms with van der Waals surface area (Å²) >= 11 is 1.39. The van der Waals surface area contributed by atoms with Crippen LogP contribution in [0.15, 0.2) is 36.4 Å². The minimum absolute atomic E-state index is 0.0708. The van der Waals surface area contributed by atoms with Crippen molar-refractivity contribution in [1.82, 2.24) is 4.98 Å². The summed E-state index contributed by atoms with van der Waals surface area (Å²) in [6.07, 6.45) is 0.218. The quantitative estimate of drug-likeness (QED) is 0.609. The molecule has 2 aromatic carbocycles. The van der Waals surface area contributed by atoms with Crippen molar-refractivity contribution in [1.29, 1.82) is 0 Å². The SMILES string of the molecule is COc1ccc(NC(=O)Cc2ccc3nc(NC(=O)C(C)C)sc3c2)cc1OC. The number of amides is 2. The molecule has 0 aliphatic heterocycles. The fourth-order valence-corrected chi connectivity index (χ4v) is 3.62. The van der Waals surface area contributed by atoms with E-state index in [1.165, 1.54) is 11.3 Å². The third-order valence-electron chi connectivity index (χ3n) is 4.24. The monoisotopic (exact) mass is 413 g/mol. The molecule has 0 atom stereocenters. The lowest BCUT2D eigenvalue weighted by atomic mass is 10.1. The number of anilines is 2. The van der Waals surface area contributed by atoms with Crippen LogP contribution in [-0.2, 0) is 16.0 Å². The molecule has 0 aliphatic rings. The Labute approximate surface area is 173 Å². The lowest BCUT2D eigenvalue weighted by molar-refractivity contribution is -0.119. The van der Waals surface area contributed by atoms with E-state index in [0.717, 1.165) is 15.8 Å². The Morgan fingerprint density at radius 2 is 1.79 bits per heavy atom. The first-order valence-corrected chi connectivity index (χ1v) is 9.93. The Hall–Kier alpha value is -3.13. The Bertz CT molecular complexity index is 1050. The maximum Gasteiger partial charge on any atom is 0.228 e. The number of hydrogen-bond donors (Lipinski definition) is 2. The normalized spacial score (nSPS) is 10.8. The second-order valence-electron chi connectivity index (χ2n) is 6.76. The Morgan fingerprint density at radius 1 is 1.03 bits per heavy atom. The molecule has 3 rings (SSSR count). The molecule has 0 saturated heterocycles. The second-order valence-corrected chi connectivity index (χ2v) is 7.79. The lowest BCUT2D eigenvalue weighted by Crippen LogP contribution is -2.17. The van der Waals surface area contributed by atoms with Gasteiger partial charge in [0.2, 0.25) is 11.8 Å². The number of aromatic nitrogens is 1. The van der Waals surface area contributed by atoms with Gasteiger partial charge in [-0.1, -0.05) is 31.3 Å². The molecule has 2 N–H and O–H groups in total. The van der Waals surface area contributed by atoms with E-state index in [9.17, 15) is 9.59 Å². The molecular weight excluding hydrogens is 390 g/mol. The Kier molecular flexibility index (Phi) is 6.33. The van der Waals surface area contributed by atoms with Gasteiger partial charge in [-0.3, -0.25) is 9.59 Å². The number of hydrogen-bond acceptors (Lipinski definition) is 6. The largest absolute Gasteiger partial charge is 0.493 e. The van der Waals surface area contributed by atoms with E-state index in [0.29, 0.717) is 22.3 Å². The van der Waals surface area contributed by atoms with Gasteiger partial charge in [0.05, 0.1) is 30.9 Å². The predicted molar refractivity (Wildman–Crippen MR) is 115 cm³/mol. The van der Waals surface area contributed by atoms with E-state index < -0.39 is 0 Å². The van der Waals surface area contributed by atoms with Crippen molar-refractivity contribution in [2.45, 2.75) is 20.3 Å². The molecule has 0 unspecified atom stereocenters. The molecule has 0 fully saturated rings.